The van der Waals surface area contributed by atoms with Crippen LogP contribution in [0.15, 0.2) is 44.9 Å². The van der Waals surface area contributed by atoms with E-state index in [0.29, 0.717) is 11.3 Å². The van der Waals surface area contributed by atoms with Crippen LogP contribution >= 0.6 is 15.9 Å². The van der Waals surface area contributed by atoms with Crippen LogP contribution in [0.4, 0.5) is 4.79 Å². The number of carbonyl (C=O) groups is 3. The Morgan fingerprint density at radius 1 is 1.30 bits per heavy atom. The zero-order valence-electron chi connectivity index (χ0n) is 16.7. The molecule has 9 heteroatoms. The normalized spacial score (nSPS) is 16.0. The van der Waals surface area contributed by atoms with Crippen LogP contribution in [0.3, 0.4) is 0 Å². The first kappa shape index (κ1) is 21.6. The van der Waals surface area contributed by atoms with Gasteiger partial charge in [0.2, 0.25) is 5.76 Å². The second-order valence-corrected chi connectivity index (χ2v) is 7.57. The quantitative estimate of drug-likeness (QED) is 0.367. The molecular formula is C21H21BrN2O6. The number of hydrogen-bond acceptors (Lipinski definition) is 6. The number of nitrogens with one attached hydrogen (secondary N) is 1. The maximum atomic E-state index is 12.8. The molecule has 0 aliphatic carbocycles. The molecule has 3 rings (SSSR count). The number of methoxy groups -OCH3 is 1. The van der Waals surface area contributed by atoms with Crippen molar-refractivity contribution in [1.82, 2.24) is 10.2 Å². The smallest absolute Gasteiger partial charge is 0.373 e. The minimum absolute atomic E-state index is 0.00310. The van der Waals surface area contributed by atoms with Crippen molar-refractivity contribution >= 4 is 39.9 Å². The molecule has 0 unspecified atom stereocenters. The predicted octanol–water partition coefficient (Wildman–Crippen LogP) is 4.10. The summed E-state index contributed by atoms with van der Waals surface area (Å²) in [5.74, 6) is -0.262. The molecule has 30 heavy (non-hydrogen) atoms. The third kappa shape index (κ3) is 4.73. The van der Waals surface area contributed by atoms with Gasteiger partial charge in [0, 0.05) is 10.0 Å². The lowest BCUT2D eigenvalue weighted by atomic mass is 10.1. The molecule has 1 fully saturated rings. The van der Waals surface area contributed by atoms with Gasteiger partial charge in [-0.2, -0.15) is 0 Å². The minimum atomic E-state index is -0.637. The Bertz CT molecular complexity index is 1010. The number of ether oxygens (including phenoxy) is 2. The lowest BCUT2D eigenvalue weighted by Crippen LogP contribution is -2.30. The van der Waals surface area contributed by atoms with Crippen LogP contribution in [0.25, 0.3) is 6.08 Å². The summed E-state index contributed by atoms with van der Waals surface area (Å²) in [6.07, 6.45) is 2.40. The van der Waals surface area contributed by atoms with Crippen molar-refractivity contribution in [3.05, 3.63) is 57.6 Å². The first-order valence-electron chi connectivity index (χ1n) is 9.30. The Balaban J connectivity index is 1.82. The van der Waals surface area contributed by atoms with E-state index in [2.05, 4.69) is 26.0 Å². The molecule has 1 atom stereocenters. The molecule has 1 aliphatic rings. The van der Waals surface area contributed by atoms with Crippen molar-refractivity contribution in [3.63, 3.8) is 0 Å². The maximum absolute atomic E-state index is 12.8. The van der Waals surface area contributed by atoms with Crippen LogP contribution < -0.4 is 10.1 Å². The van der Waals surface area contributed by atoms with Gasteiger partial charge in [-0.15, -0.1) is 0 Å². The van der Waals surface area contributed by atoms with Gasteiger partial charge in [-0.1, -0.05) is 22.9 Å². The van der Waals surface area contributed by atoms with E-state index in [0.717, 1.165) is 15.8 Å². The number of rotatable bonds is 7. The Hall–Kier alpha value is -3.07. The van der Waals surface area contributed by atoms with Gasteiger partial charge in [0.15, 0.2) is 0 Å². The average molecular weight is 477 g/mol. The number of halogens is 1. The van der Waals surface area contributed by atoms with Crippen molar-refractivity contribution in [1.29, 1.82) is 0 Å². The van der Waals surface area contributed by atoms with Gasteiger partial charge < -0.3 is 19.2 Å². The minimum Gasteiger partial charge on any atom is -0.490 e. The van der Waals surface area contributed by atoms with Crippen LogP contribution in [-0.2, 0) is 16.1 Å². The van der Waals surface area contributed by atoms with Crippen molar-refractivity contribution in [3.8, 4) is 5.75 Å². The lowest BCUT2D eigenvalue weighted by Gasteiger charge is -2.15. The van der Waals surface area contributed by atoms with E-state index >= 15 is 0 Å². The molecular weight excluding hydrogens is 456 g/mol. The highest BCUT2D eigenvalue weighted by atomic mass is 79.9. The zero-order valence-corrected chi connectivity index (χ0v) is 18.3. The largest absolute Gasteiger partial charge is 0.490 e. The number of urea groups is 1. The predicted molar refractivity (Wildman–Crippen MR) is 112 cm³/mol. The van der Waals surface area contributed by atoms with Crippen LogP contribution in [0.1, 0.15) is 42.1 Å². The number of furan rings is 1. The topological polar surface area (TPSA) is 98.1 Å². The SMILES string of the molecule is CC[C@H](C)Oc1ccc(Br)cc1/C=C1\NC(=O)N(Cc2ccc(C(=O)OC)o2)C1=O. The molecule has 2 heterocycles. The second-order valence-electron chi connectivity index (χ2n) is 6.66. The van der Waals surface area contributed by atoms with E-state index in [1.165, 1.54) is 19.2 Å². The molecule has 0 bridgehead atoms. The summed E-state index contributed by atoms with van der Waals surface area (Å²) in [5.41, 5.74) is 0.771. The zero-order chi connectivity index (χ0) is 21.8. The highest BCUT2D eigenvalue weighted by Crippen LogP contribution is 2.28. The van der Waals surface area contributed by atoms with Gasteiger partial charge in [0.25, 0.3) is 5.91 Å². The maximum Gasteiger partial charge on any atom is 0.373 e. The summed E-state index contributed by atoms with van der Waals surface area (Å²) >= 11 is 3.41. The molecule has 1 saturated heterocycles. The van der Waals surface area contributed by atoms with Crippen molar-refractivity contribution in [2.75, 3.05) is 7.11 Å². The van der Waals surface area contributed by atoms with Crippen LogP contribution in [0, 0.1) is 0 Å². The van der Waals surface area contributed by atoms with E-state index in [1.54, 1.807) is 12.1 Å². The highest BCUT2D eigenvalue weighted by Gasteiger charge is 2.34. The summed E-state index contributed by atoms with van der Waals surface area (Å²) in [4.78, 5) is 37.6. The van der Waals surface area contributed by atoms with E-state index in [4.69, 9.17) is 9.15 Å². The van der Waals surface area contributed by atoms with E-state index in [9.17, 15) is 14.4 Å². The van der Waals surface area contributed by atoms with Crippen molar-refractivity contribution < 1.29 is 28.3 Å². The lowest BCUT2D eigenvalue weighted by molar-refractivity contribution is -0.123. The van der Waals surface area contributed by atoms with Gasteiger partial charge in [-0.05, 0) is 49.8 Å². The molecule has 1 aromatic carbocycles. The molecule has 0 spiro atoms. The van der Waals surface area contributed by atoms with Gasteiger partial charge in [0.1, 0.15) is 17.2 Å². The third-order valence-electron chi connectivity index (χ3n) is 4.50. The molecule has 3 amide bonds. The summed E-state index contributed by atoms with van der Waals surface area (Å²) in [5, 5.41) is 2.57. The first-order chi connectivity index (χ1) is 14.3. The fourth-order valence-electron chi connectivity index (χ4n) is 2.74. The Kier molecular flexibility index (Phi) is 6.61. The Morgan fingerprint density at radius 3 is 2.77 bits per heavy atom. The highest BCUT2D eigenvalue weighted by molar-refractivity contribution is 9.10. The number of imide groups is 1. The average Bonchev–Trinajstić information content (AvgIpc) is 3.30. The molecule has 8 nitrogen and oxygen atoms in total. The number of hydrogen-bond donors (Lipinski definition) is 1. The standard InChI is InChI=1S/C21H21BrN2O6/c1-4-12(2)29-17-7-5-14(22)9-13(17)10-16-19(25)24(21(27)23-16)11-15-6-8-18(30-15)20(26)28-3/h5-10,12H,4,11H2,1-3H3,(H,23,27)/b16-10-/t12-/m0/s1. The first-order valence-corrected chi connectivity index (χ1v) is 10.1. The van der Waals surface area contributed by atoms with Gasteiger partial charge in [-0.3, -0.25) is 9.69 Å². The summed E-state index contributed by atoms with van der Waals surface area (Å²) in [6, 6.07) is 7.82. The van der Waals surface area contributed by atoms with Gasteiger partial charge >= 0.3 is 12.0 Å². The fraction of sp³-hybridized carbons (Fsp3) is 0.286. The molecule has 0 saturated carbocycles. The number of amides is 3. The molecule has 1 aliphatic heterocycles. The van der Waals surface area contributed by atoms with E-state index < -0.39 is 17.9 Å². The molecule has 1 N–H and O–H groups in total. The number of nitrogens with zero attached hydrogens (tertiary/aromatic N) is 1. The van der Waals surface area contributed by atoms with Crippen LogP contribution in [0.5, 0.6) is 5.75 Å². The summed E-state index contributed by atoms with van der Waals surface area (Å²) in [7, 11) is 1.24. The summed E-state index contributed by atoms with van der Waals surface area (Å²) in [6.45, 7) is 3.85. The van der Waals surface area contributed by atoms with Crippen molar-refractivity contribution in [2.24, 2.45) is 0 Å². The van der Waals surface area contributed by atoms with E-state index in [-0.39, 0.29) is 29.9 Å². The van der Waals surface area contributed by atoms with Crippen LogP contribution in [0.2, 0.25) is 0 Å². The number of carbonyl (C=O) groups excluding carboxylic acids is 3. The third-order valence-corrected chi connectivity index (χ3v) is 4.99. The summed E-state index contributed by atoms with van der Waals surface area (Å²) < 4.78 is 16.7. The van der Waals surface area contributed by atoms with E-state index in [1.807, 2.05) is 26.0 Å². The molecule has 1 aromatic heterocycles. The number of benzene rings is 1. The molecule has 0 radical (unpaired) electrons. The van der Waals surface area contributed by atoms with Crippen molar-refractivity contribution in [2.45, 2.75) is 32.9 Å². The Labute approximate surface area is 181 Å². The van der Waals surface area contributed by atoms with Crippen LogP contribution in [-0.4, -0.2) is 36.0 Å². The van der Waals surface area contributed by atoms with Gasteiger partial charge in [-0.25, -0.2) is 9.59 Å². The fourth-order valence-corrected chi connectivity index (χ4v) is 3.12. The van der Waals surface area contributed by atoms with Gasteiger partial charge in [0.05, 0.1) is 19.8 Å². The number of esters is 1. The molecule has 2 aromatic rings. The monoisotopic (exact) mass is 476 g/mol. The Morgan fingerprint density at radius 2 is 2.07 bits per heavy atom. The second kappa shape index (κ2) is 9.17. The molecule has 158 valence electrons.